The molecule has 1 aliphatic rings. The van der Waals surface area contributed by atoms with E-state index in [1.807, 2.05) is 30.5 Å². The summed E-state index contributed by atoms with van der Waals surface area (Å²) in [7, 11) is 0. The molecule has 4 nitrogen and oxygen atoms in total. The highest BCUT2D eigenvalue weighted by molar-refractivity contribution is 5.75. The van der Waals surface area contributed by atoms with E-state index in [1.165, 1.54) is 6.07 Å². The number of para-hydroxylation sites is 1. The first kappa shape index (κ1) is 10.4. The van der Waals surface area contributed by atoms with E-state index >= 15 is 0 Å². The van der Waals surface area contributed by atoms with Gasteiger partial charge in [0.05, 0.1) is 0 Å². The summed E-state index contributed by atoms with van der Waals surface area (Å²) in [6, 6.07) is 10.6. The Morgan fingerprint density at radius 2 is 2.00 bits per heavy atom. The van der Waals surface area contributed by atoms with Crippen LogP contribution in [0.15, 0.2) is 57.9 Å². The summed E-state index contributed by atoms with van der Waals surface area (Å²) in [5, 5.41) is 0.951. The summed E-state index contributed by atoms with van der Waals surface area (Å²) in [5.74, 6) is 0. The van der Waals surface area contributed by atoms with Gasteiger partial charge < -0.3 is 9.84 Å². The first-order valence-corrected chi connectivity index (χ1v) is 4.98. The van der Waals surface area contributed by atoms with Gasteiger partial charge in [-0.05, 0) is 12.1 Å². The fourth-order valence-corrected chi connectivity index (χ4v) is 1.31. The molecule has 2 heterocycles. The number of nitrogens with one attached hydrogen (secondary N) is 2. The molecule has 0 fully saturated rings. The molecule has 4 heteroatoms. The molecule has 3 rings (SSSR count). The van der Waals surface area contributed by atoms with Crippen LogP contribution in [0.25, 0.3) is 11.0 Å². The largest absolute Gasteiger partial charge is 0.423 e. The van der Waals surface area contributed by atoms with Crippen LogP contribution in [0.5, 0.6) is 0 Å². The second kappa shape index (κ2) is 5.14. The molecule has 0 unspecified atom stereocenters. The first-order valence-electron chi connectivity index (χ1n) is 4.98. The third kappa shape index (κ3) is 2.71. The van der Waals surface area contributed by atoms with Crippen LogP contribution in [0.4, 0.5) is 0 Å². The van der Waals surface area contributed by atoms with Crippen molar-refractivity contribution in [2.45, 2.75) is 0 Å². The fourth-order valence-electron chi connectivity index (χ4n) is 1.31. The Morgan fingerprint density at radius 1 is 1.12 bits per heavy atom. The molecule has 0 spiro atoms. The average molecular weight is 216 g/mol. The van der Waals surface area contributed by atoms with Gasteiger partial charge in [0.1, 0.15) is 5.58 Å². The summed E-state index contributed by atoms with van der Waals surface area (Å²) in [6.07, 6.45) is 3.89. The minimum absolute atomic E-state index is 0.302. The second-order valence-corrected chi connectivity index (χ2v) is 3.22. The van der Waals surface area contributed by atoms with Crippen LogP contribution in [0.3, 0.4) is 0 Å². The normalized spacial score (nSPS) is 13.0. The molecule has 0 aliphatic carbocycles. The number of hydrogen-bond donors (Lipinski definition) is 2. The van der Waals surface area contributed by atoms with E-state index in [2.05, 4.69) is 10.9 Å². The van der Waals surface area contributed by atoms with Crippen molar-refractivity contribution in [2.75, 3.05) is 6.54 Å². The molecule has 0 amide bonds. The van der Waals surface area contributed by atoms with Crippen LogP contribution >= 0.6 is 0 Å². The van der Waals surface area contributed by atoms with E-state index in [1.54, 1.807) is 12.1 Å². The number of benzene rings is 1. The van der Waals surface area contributed by atoms with Crippen LogP contribution in [-0.2, 0) is 0 Å². The van der Waals surface area contributed by atoms with Crippen molar-refractivity contribution in [1.29, 1.82) is 0 Å². The molecule has 1 aromatic carbocycles. The van der Waals surface area contributed by atoms with Crippen LogP contribution in [0.1, 0.15) is 0 Å². The van der Waals surface area contributed by atoms with Gasteiger partial charge in [0.25, 0.3) is 0 Å². The third-order valence-corrected chi connectivity index (χ3v) is 2.05. The summed E-state index contributed by atoms with van der Waals surface area (Å²) in [6.45, 7) is 0.958. The lowest BCUT2D eigenvalue weighted by atomic mass is 10.2. The van der Waals surface area contributed by atoms with E-state index in [-0.39, 0.29) is 5.63 Å². The van der Waals surface area contributed by atoms with Crippen molar-refractivity contribution in [3.63, 3.8) is 0 Å². The van der Waals surface area contributed by atoms with Crippen LogP contribution in [0.2, 0.25) is 0 Å². The van der Waals surface area contributed by atoms with Gasteiger partial charge in [0.15, 0.2) is 0 Å². The van der Waals surface area contributed by atoms with Crippen molar-refractivity contribution in [3.05, 3.63) is 59.1 Å². The molecule has 82 valence electrons. The minimum Gasteiger partial charge on any atom is -0.423 e. The van der Waals surface area contributed by atoms with Crippen molar-refractivity contribution in [1.82, 2.24) is 10.9 Å². The van der Waals surface area contributed by atoms with Crippen molar-refractivity contribution >= 4 is 11.0 Å². The molecule has 0 saturated heterocycles. The summed E-state index contributed by atoms with van der Waals surface area (Å²) < 4.78 is 4.91. The molecule has 1 aromatic heterocycles. The molecule has 0 radical (unpaired) electrons. The summed E-state index contributed by atoms with van der Waals surface area (Å²) in [5.41, 5.74) is 5.99. The smallest absolute Gasteiger partial charge is 0.336 e. The highest BCUT2D eigenvalue weighted by Crippen LogP contribution is 2.08. The zero-order valence-electron chi connectivity index (χ0n) is 8.64. The zero-order chi connectivity index (χ0) is 11.2. The lowest BCUT2D eigenvalue weighted by Crippen LogP contribution is -2.19. The number of rotatable bonds is 0. The van der Waals surface area contributed by atoms with Crippen LogP contribution in [0, 0.1) is 0 Å². The third-order valence-electron chi connectivity index (χ3n) is 2.05. The van der Waals surface area contributed by atoms with Gasteiger partial charge >= 0.3 is 5.63 Å². The number of fused-ring (bicyclic) bond motifs is 1. The van der Waals surface area contributed by atoms with Gasteiger partial charge in [-0.2, -0.15) is 0 Å². The fraction of sp³-hybridized carbons (Fsp3) is 0.0833. The Morgan fingerprint density at radius 3 is 2.69 bits per heavy atom. The van der Waals surface area contributed by atoms with Crippen LogP contribution in [-0.4, -0.2) is 6.54 Å². The average Bonchev–Trinajstić information content (AvgIpc) is 2.87. The van der Waals surface area contributed by atoms with Crippen LogP contribution < -0.4 is 16.5 Å². The quantitative estimate of drug-likeness (QED) is 0.654. The van der Waals surface area contributed by atoms with Gasteiger partial charge in [0.2, 0.25) is 0 Å². The van der Waals surface area contributed by atoms with Gasteiger partial charge in [0, 0.05) is 24.2 Å². The SMILES string of the molecule is C1=CNNC1.O=c1ccc2ccccc2o1. The molecule has 2 aromatic rings. The van der Waals surface area contributed by atoms with Gasteiger partial charge in [-0.3, -0.25) is 0 Å². The summed E-state index contributed by atoms with van der Waals surface area (Å²) >= 11 is 0. The standard InChI is InChI=1S/C9H6O2.C3H6N2/c10-9-6-5-7-3-1-2-4-8(7)11-9;1-2-4-5-3-1/h1-6H;1-2,4-5H,3H2. The van der Waals surface area contributed by atoms with E-state index < -0.39 is 0 Å². The van der Waals surface area contributed by atoms with Gasteiger partial charge in [-0.15, -0.1) is 0 Å². The topological polar surface area (TPSA) is 54.3 Å². The molecule has 16 heavy (non-hydrogen) atoms. The first-order chi connectivity index (χ1) is 7.86. The highest BCUT2D eigenvalue weighted by atomic mass is 16.4. The van der Waals surface area contributed by atoms with E-state index in [4.69, 9.17) is 4.42 Å². The Kier molecular flexibility index (Phi) is 3.35. The maximum absolute atomic E-state index is 10.7. The Balaban J connectivity index is 0.000000162. The molecule has 2 N–H and O–H groups in total. The Labute approximate surface area is 92.6 Å². The summed E-state index contributed by atoms with van der Waals surface area (Å²) in [4.78, 5) is 10.7. The Hall–Kier alpha value is -2.07. The highest BCUT2D eigenvalue weighted by Gasteiger charge is 1.92. The predicted molar refractivity (Wildman–Crippen MR) is 62.8 cm³/mol. The van der Waals surface area contributed by atoms with Gasteiger partial charge in [-0.1, -0.05) is 24.3 Å². The Bertz CT molecular complexity index is 540. The van der Waals surface area contributed by atoms with Crippen molar-refractivity contribution < 1.29 is 4.42 Å². The molecular formula is C12H12N2O2. The van der Waals surface area contributed by atoms with E-state index in [9.17, 15) is 4.79 Å². The molecule has 0 saturated carbocycles. The maximum Gasteiger partial charge on any atom is 0.336 e. The predicted octanol–water partition coefficient (Wildman–Crippen LogP) is 1.40. The number of hydrazine groups is 1. The molecule has 1 aliphatic heterocycles. The van der Waals surface area contributed by atoms with Gasteiger partial charge in [-0.25, -0.2) is 10.2 Å². The van der Waals surface area contributed by atoms with Crippen molar-refractivity contribution in [3.8, 4) is 0 Å². The molecular weight excluding hydrogens is 204 g/mol. The van der Waals surface area contributed by atoms with E-state index in [0.717, 1.165) is 11.9 Å². The second-order valence-electron chi connectivity index (χ2n) is 3.22. The molecule has 0 bridgehead atoms. The lowest BCUT2D eigenvalue weighted by molar-refractivity contribution is 0.561. The molecule has 0 atom stereocenters. The van der Waals surface area contributed by atoms with E-state index in [0.29, 0.717) is 5.58 Å². The maximum atomic E-state index is 10.7. The zero-order valence-corrected chi connectivity index (χ0v) is 8.64. The van der Waals surface area contributed by atoms with Crippen molar-refractivity contribution in [2.24, 2.45) is 0 Å². The lowest BCUT2D eigenvalue weighted by Gasteiger charge is -1.91. The number of hydrogen-bond acceptors (Lipinski definition) is 4. The minimum atomic E-state index is -0.302. The monoisotopic (exact) mass is 216 g/mol.